The van der Waals surface area contributed by atoms with Crippen LogP contribution >= 0.6 is 23.1 Å². The Labute approximate surface area is 204 Å². The van der Waals surface area contributed by atoms with Crippen molar-refractivity contribution in [1.82, 2.24) is 14.9 Å². The van der Waals surface area contributed by atoms with Crippen LogP contribution in [0.15, 0.2) is 34.3 Å². The van der Waals surface area contributed by atoms with Crippen molar-refractivity contribution in [3.8, 4) is 0 Å². The van der Waals surface area contributed by atoms with E-state index in [4.69, 9.17) is 5.11 Å². The number of carbonyl (C=O) groups is 3. The monoisotopic (exact) mass is 499 g/mol. The summed E-state index contributed by atoms with van der Waals surface area (Å²) in [5.74, 6) is -1.07. The number of likely N-dealkylation sites (tertiary alicyclic amines) is 1. The standard InChI is InChI=1S/C24H25N3O5S2/c28-14(29)6-2-1-3-8-27-22(30)17-12-9-13(18(17)23(27)31)19-16(12)15(11-5-4-7-25-10-11)20-21(33-19)26-24(32)34-20/h4-5,7,10,12-13,15-19H,1-3,6,8-9H2,(H,26,32)(H,28,29)/t12-,13+,15-,16+,17+,18+,19-/m0/s1. The topological polar surface area (TPSA) is 120 Å². The van der Waals surface area contributed by atoms with E-state index in [9.17, 15) is 19.2 Å². The van der Waals surface area contributed by atoms with Crippen molar-refractivity contribution < 1.29 is 19.5 Å². The maximum atomic E-state index is 13.5. The number of pyridine rings is 1. The van der Waals surface area contributed by atoms with E-state index in [-0.39, 0.29) is 63.9 Å². The zero-order valence-corrected chi connectivity index (χ0v) is 20.0. The lowest BCUT2D eigenvalue weighted by Gasteiger charge is -2.42. The fourth-order valence-electron chi connectivity index (χ4n) is 6.96. The van der Waals surface area contributed by atoms with E-state index in [0.717, 1.165) is 21.9 Å². The molecule has 2 saturated carbocycles. The zero-order chi connectivity index (χ0) is 23.6. The van der Waals surface area contributed by atoms with Crippen LogP contribution in [-0.4, -0.2) is 49.6 Å². The van der Waals surface area contributed by atoms with Crippen LogP contribution < -0.4 is 4.87 Å². The fourth-order valence-corrected chi connectivity index (χ4v) is 9.84. The van der Waals surface area contributed by atoms with Crippen LogP contribution in [0.4, 0.5) is 0 Å². The third-order valence-corrected chi connectivity index (χ3v) is 10.7. The van der Waals surface area contributed by atoms with Gasteiger partial charge in [-0.1, -0.05) is 23.8 Å². The molecular weight excluding hydrogens is 474 g/mol. The van der Waals surface area contributed by atoms with Gasteiger partial charge in [0.25, 0.3) is 0 Å². The number of hydrogen-bond acceptors (Lipinski definition) is 7. The van der Waals surface area contributed by atoms with Gasteiger partial charge < -0.3 is 10.1 Å². The third-order valence-electron chi connectivity index (χ3n) is 8.13. The van der Waals surface area contributed by atoms with E-state index in [2.05, 4.69) is 9.97 Å². The molecule has 34 heavy (non-hydrogen) atoms. The number of aromatic amines is 1. The zero-order valence-electron chi connectivity index (χ0n) is 18.4. The number of rotatable bonds is 7. The smallest absolute Gasteiger partial charge is 0.305 e. The van der Waals surface area contributed by atoms with Gasteiger partial charge in [0.2, 0.25) is 11.8 Å². The van der Waals surface area contributed by atoms with Crippen LogP contribution in [0.2, 0.25) is 0 Å². The first-order valence-electron chi connectivity index (χ1n) is 11.8. The Hall–Kier alpha value is -2.46. The summed E-state index contributed by atoms with van der Waals surface area (Å²) in [6, 6.07) is 3.96. The Morgan fingerprint density at radius 1 is 1.15 bits per heavy atom. The molecule has 1 saturated heterocycles. The van der Waals surface area contributed by atoms with Crippen LogP contribution in [0, 0.1) is 29.6 Å². The maximum Gasteiger partial charge on any atom is 0.305 e. The van der Waals surface area contributed by atoms with E-state index in [1.807, 2.05) is 18.3 Å². The molecular formula is C24H25N3O5S2. The van der Waals surface area contributed by atoms with E-state index in [0.29, 0.717) is 25.8 Å². The van der Waals surface area contributed by atoms with Crippen molar-refractivity contribution in [2.24, 2.45) is 29.6 Å². The van der Waals surface area contributed by atoms with Gasteiger partial charge in [-0.25, -0.2) is 0 Å². The molecule has 4 aliphatic rings. The van der Waals surface area contributed by atoms with Gasteiger partial charge in [-0.2, -0.15) is 0 Å². The van der Waals surface area contributed by atoms with Crippen LogP contribution in [0.1, 0.15) is 48.5 Å². The number of thiazole rings is 1. The molecule has 0 spiro atoms. The highest BCUT2D eigenvalue weighted by atomic mass is 32.2. The Morgan fingerprint density at radius 3 is 2.68 bits per heavy atom. The second-order valence-corrected chi connectivity index (χ2v) is 12.0. The summed E-state index contributed by atoms with van der Waals surface area (Å²) >= 11 is 2.94. The molecule has 8 nitrogen and oxygen atoms in total. The summed E-state index contributed by atoms with van der Waals surface area (Å²) in [6.07, 6.45) is 6.46. The molecule has 3 fully saturated rings. The highest BCUT2D eigenvalue weighted by Crippen LogP contribution is 2.68. The van der Waals surface area contributed by atoms with Crippen molar-refractivity contribution in [2.75, 3.05) is 6.54 Å². The minimum Gasteiger partial charge on any atom is -0.481 e. The van der Waals surface area contributed by atoms with Crippen LogP contribution in [-0.2, 0) is 14.4 Å². The second-order valence-electron chi connectivity index (χ2n) is 9.78. The molecule has 0 unspecified atom stereocenters. The number of aromatic nitrogens is 2. The quantitative estimate of drug-likeness (QED) is 0.444. The summed E-state index contributed by atoms with van der Waals surface area (Å²) in [7, 11) is 0. The van der Waals surface area contributed by atoms with E-state index >= 15 is 0 Å². The molecule has 2 aliphatic heterocycles. The first-order valence-corrected chi connectivity index (χ1v) is 13.5. The average Bonchev–Trinajstić information content (AvgIpc) is 3.54. The van der Waals surface area contributed by atoms with Crippen LogP contribution in [0.3, 0.4) is 0 Å². The van der Waals surface area contributed by atoms with Crippen molar-refractivity contribution in [2.45, 2.75) is 48.3 Å². The lowest BCUT2D eigenvalue weighted by Crippen LogP contribution is -2.42. The minimum absolute atomic E-state index is 0.00261. The number of hydrogen-bond donors (Lipinski definition) is 2. The van der Waals surface area contributed by atoms with Gasteiger partial charge in [-0.05, 0) is 48.6 Å². The summed E-state index contributed by atoms with van der Waals surface area (Å²) in [5, 5.41) is 9.90. The van der Waals surface area contributed by atoms with E-state index < -0.39 is 5.97 Å². The Balaban J connectivity index is 1.28. The van der Waals surface area contributed by atoms with Gasteiger partial charge in [0, 0.05) is 41.4 Å². The number of unbranched alkanes of at least 4 members (excludes halogenated alkanes) is 2. The molecule has 7 atom stereocenters. The summed E-state index contributed by atoms with van der Waals surface area (Å²) in [6.45, 7) is 0.374. The van der Waals surface area contributed by atoms with E-state index in [1.165, 1.54) is 16.2 Å². The SMILES string of the molecule is O=C(O)CCCCCN1C(=O)[C@@H]2[C@H]3C[C@@H]([C@@H]4Sc5[nH]c(=O)sc5[C@@H](c5cccnc5)[C@@H]34)[C@H]2C1=O. The predicted molar refractivity (Wildman–Crippen MR) is 126 cm³/mol. The lowest BCUT2D eigenvalue weighted by molar-refractivity contribution is -0.141. The number of H-pyrrole nitrogens is 1. The molecule has 6 rings (SSSR count). The molecule has 4 heterocycles. The number of carboxylic acids is 1. The number of thioether (sulfide) groups is 1. The first-order chi connectivity index (χ1) is 16.5. The number of nitrogens with zero attached hydrogens (tertiary/aromatic N) is 2. The van der Waals surface area contributed by atoms with Crippen molar-refractivity contribution in [3.63, 3.8) is 0 Å². The largest absolute Gasteiger partial charge is 0.481 e. The second kappa shape index (κ2) is 8.34. The van der Waals surface area contributed by atoms with Gasteiger partial charge in [0.05, 0.1) is 16.9 Å². The van der Waals surface area contributed by atoms with Gasteiger partial charge in [0.15, 0.2) is 0 Å². The normalized spacial score (nSPS) is 33.2. The fraction of sp³-hybridized carbons (Fsp3) is 0.542. The number of nitrogens with one attached hydrogen (secondary N) is 1. The number of aliphatic carboxylic acids is 1. The Morgan fingerprint density at radius 2 is 1.94 bits per heavy atom. The summed E-state index contributed by atoms with van der Waals surface area (Å²) in [4.78, 5) is 59.5. The summed E-state index contributed by atoms with van der Waals surface area (Å²) in [5.41, 5.74) is 1.06. The first kappa shape index (κ1) is 22.0. The molecule has 2 aromatic heterocycles. The molecule has 2 N–H and O–H groups in total. The molecule has 178 valence electrons. The average molecular weight is 500 g/mol. The van der Waals surface area contributed by atoms with Gasteiger partial charge in [0.1, 0.15) is 0 Å². The van der Waals surface area contributed by atoms with Gasteiger partial charge in [-0.3, -0.25) is 29.1 Å². The molecule has 0 aromatic carbocycles. The molecule has 2 amide bonds. The van der Waals surface area contributed by atoms with Crippen LogP contribution in [0.25, 0.3) is 0 Å². The number of imide groups is 1. The molecule has 10 heteroatoms. The van der Waals surface area contributed by atoms with Crippen LogP contribution in [0.5, 0.6) is 0 Å². The maximum absolute atomic E-state index is 13.5. The lowest BCUT2D eigenvalue weighted by atomic mass is 9.68. The van der Waals surface area contributed by atoms with Gasteiger partial charge in [-0.15, -0.1) is 11.8 Å². The number of fused-ring (bicyclic) bond motifs is 9. The number of carboxylic acid groups (broad SMARTS) is 1. The third kappa shape index (κ3) is 3.29. The molecule has 2 aromatic rings. The van der Waals surface area contributed by atoms with Crippen molar-refractivity contribution in [1.29, 1.82) is 0 Å². The summed E-state index contributed by atoms with van der Waals surface area (Å²) < 4.78 is 0. The Kier molecular flexibility index (Phi) is 5.40. The molecule has 0 radical (unpaired) electrons. The molecule has 2 bridgehead atoms. The number of amides is 2. The molecule has 2 aliphatic carbocycles. The van der Waals surface area contributed by atoms with Gasteiger partial charge >= 0.3 is 10.8 Å². The predicted octanol–water partition coefficient (Wildman–Crippen LogP) is 2.95. The van der Waals surface area contributed by atoms with Crippen molar-refractivity contribution >= 4 is 40.9 Å². The number of carbonyl (C=O) groups excluding carboxylic acids is 2. The Bertz CT molecular complexity index is 1210. The van der Waals surface area contributed by atoms with Crippen molar-refractivity contribution in [3.05, 3.63) is 44.6 Å². The minimum atomic E-state index is -0.822. The van der Waals surface area contributed by atoms with E-state index in [1.54, 1.807) is 18.0 Å². The highest BCUT2D eigenvalue weighted by molar-refractivity contribution is 8.00. The highest BCUT2D eigenvalue weighted by Gasteiger charge is 2.69.